The first-order valence-electron chi connectivity index (χ1n) is 11.1. The predicted molar refractivity (Wildman–Crippen MR) is 117 cm³/mol. The Bertz CT molecular complexity index is 950. The van der Waals surface area contributed by atoms with Crippen LogP contribution in [-0.2, 0) is 19.1 Å². The molecule has 32 heavy (non-hydrogen) atoms. The predicted octanol–water partition coefficient (Wildman–Crippen LogP) is 2.73. The summed E-state index contributed by atoms with van der Waals surface area (Å²) in [7, 11) is 0. The minimum Gasteiger partial charge on any atom is -0.432 e. The largest absolute Gasteiger partial charge is 0.432 e. The number of anilines is 1. The number of piperazine rings is 1. The number of aromatic nitrogens is 2. The number of nitrogens with zero attached hydrogens (tertiary/aromatic N) is 4. The number of rotatable bonds is 6. The van der Waals surface area contributed by atoms with E-state index in [0.717, 1.165) is 5.56 Å². The number of ether oxygens (including phenoxy) is 2. The average Bonchev–Trinajstić information content (AvgIpc) is 3.36. The van der Waals surface area contributed by atoms with Gasteiger partial charge < -0.3 is 23.8 Å². The molecule has 0 aliphatic carbocycles. The van der Waals surface area contributed by atoms with E-state index in [2.05, 4.69) is 10.1 Å². The molecule has 2 atom stereocenters. The van der Waals surface area contributed by atoms with Gasteiger partial charge in [0.15, 0.2) is 6.10 Å². The van der Waals surface area contributed by atoms with Crippen LogP contribution in [0.1, 0.15) is 34.1 Å². The summed E-state index contributed by atoms with van der Waals surface area (Å²) < 4.78 is 16.5. The van der Waals surface area contributed by atoms with Gasteiger partial charge in [-0.15, -0.1) is 0 Å². The zero-order chi connectivity index (χ0) is 22.9. The van der Waals surface area contributed by atoms with E-state index in [9.17, 15) is 9.59 Å². The lowest BCUT2D eigenvalue weighted by atomic mass is 9.90. The fourth-order valence-electron chi connectivity index (χ4n) is 4.19. The fraction of sp³-hybridized carbons (Fsp3) is 0.565. The number of carbonyl (C=O) groups excluding carboxylic acids is 2. The molecule has 2 aliphatic heterocycles. The van der Waals surface area contributed by atoms with E-state index in [1.165, 1.54) is 0 Å². The summed E-state index contributed by atoms with van der Waals surface area (Å²) in [5.41, 5.74) is 0.864. The Kier molecular flexibility index (Phi) is 6.19. The average molecular weight is 443 g/mol. The molecule has 0 bridgehead atoms. The number of cyclic esters (lactones) is 1. The molecule has 0 radical (unpaired) electrons. The van der Waals surface area contributed by atoms with E-state index in [0.29, 0.717) is 44.4 Å². The minimum atomic E-state index is -1.01. The third-order valence-corrected chi connectivity index (χ3v) is 5.71. The van der Waals surface area contributed by atoms with E-state index < -0.39 is 23.8 Å². The van der Waals surface area contributed by atoms with Gasteiger partial charge in [0.25, 0.3) is 11.8 Å². The molecule has 4 rings (SSSR count). The Morgan fingerprint density at radius 2 is 1.84 bits per heavy atom. The summed E-state index contributed by atoms with van der Waals surface area (Å²) in [6.45, 7) is 9.62. The molecule has 1 amide bonds. The van der Waals surface area contributed by atoms with Crippen molar-refractivity contribution in [3.05, 3.63) is 30.3 Å². The van der Waals surface area contributed by atoms with Crippen LogP contribution in [-0.4, -0.2) is 65.0 Å². The molecule has 2 aliphatic rings. The fourth-order valence-corrected chi connectivity index (χ4v) is 4.19. The number of esters is 1. The SMILES string of the molecule is CC(C)C[C@H](C(=O)N1CCN(c2noc(-c3ccccc3)n2)CC1)[C@@H]1OC(C)(C)OC1=O. The lowest BCUT2D eigenvalue weighted by molar-refractivity contribution is -0.163. The van der Waals surface area contributed by atoms with Crippen LogP contribution >= 0.6 is 0 Å². The minimum absolute atomic E-state index is 0.0731. The van der Waals surface area contributed by atoms with Gasteiger partial charge >= 0.3 is 5.97 Å². The Balaban J connectivity index is 1.41. The topological polar surface area (TPSA) is 98.0 Å². The van der Waals surface area contributed by atoms with Crippen molar-refractivity contribution in [2.24, 2.45) is 11.8 Å². The highest BCUT2D eigenvalue weighted by Crippen LogP contribution is 2.32. The lowest BCUT2D eigenvalue weighted by Crippen LogP contribution is -2.53. The lowest BCUT2D eigenvalue weighted by Gasteiger charge is -2.36. The quantitative estimate of drug-likeness (QED) is 0.630. The molecule has 1 aromatic heterocycles. The van der Waals surface area contributed by atoms with Crippen molar-refractivity contribution in [3.63, 3.8) is 0 Å². The highest BCUT2D eigenvalue weighted by atomic mass is 16.8. The first-order chi connectivity index (χ1) is 15.2. The summed E-state index contributed by atoms with van der Waals surface area (Å²) in [5, 5.41) is 4.10. The molecule has 0 saturated carbocycles. The number of hydrogen-bond donors (Lipinski definition) is 0. The van der Waals surface area contributed by atoms with Gasteiger partial charge in [-0.25, -0.2) is 4.79 Å². The van der Waals surface area contributed by atoms with Crippen molar-refractivity contribution in [3.8, 4) is 11.5 Å². The molecule has 0 unspecified atom stereocenters. The number of hydrogen-bond acceptors (Lipinski definition) is 8. The maximum absolute atomic E-state index is 13.4. The van der Waals surface area contributed by atoms with Gasteiger partial charge in [-0.05, 0) is 29.6 Å². The van der Waals surface area contributed by atoms with Crippen molar-refractivity contribution in [1.82, 2.24) is 15.0 Å². The standard InChI is InChI=1S/C23H30N4O5/c1-15(2)14-17(18-21(29)31-23(3,4)30-18)20(28)26-10-12-27(13-11-26)22-24-19(32-25-22)16-8-6-5-7-9-16/h5-9,15,17-18H,10-14H2,1-4H3/t17-,18-/m0/s1. The van der Waals surface area contributed by atoms with Crippen LogP contribution in [0.3, 0.4) is 0 Å². The molecule has 1 aromatic carbocycles. The third-order valence-electron chi connectivity index (χ3n) is 5.71. The highest BCUT2D eigenvalue weighted by molar-refractivity contribution is 5.88. The van der Waals surface area contributed by atoms with Crippen LogP contribution in [0.5, 0.6) is 0 Å². The smallest absolute Gasteiger partial charge is 0.338 e. The van der Waals surface area contributed by atoms with Crippen LogP contribution in [0.4, 0.5) is 5.95 Å². The molecule has 9 heteroatoms. The van der Waals surface area contributed by atoms with Crippen molar-refractivity contribution < 1.29 is 23.6 Å². The summed E-state index contributed by atoms with van der Waals surface area (Å²) in [5.74, 6) is -0.893. The molecule has 2 saturated heterocycles. The first kappa shape index (κ1) is 22.3. The zero-order valence-corrected chi connectivity index (χ0v) is 19.0. The number of amides is 1. The summed E-state index contributed by atoms with van der Waals surface area (Å²) >= 11 is 0. The van der Waals surface area contributed by atoms with Crippen LogP contribution in [0, 0.1) is 11.8 Å². The van der Waals surface area contributed by atoms with E-state index >= 15 is 0 Å². The number of benzene rings is 1. The zero-order valence-electron chi connectivity index (χ0n) is 19.0. The van der Waals surface area contributed by atoms with Gasteiger partial charge in [0, 0.05) is 45.6 Å². The van der Waals surface area contributed by atoms with Crippen molar-refractivity contribution in [1.29, 1.82) is 0 Å². The van der Waals surface area contributed by atoms with Gasteiger partial charge in [-0.1, -0.05) is 32.0 Å². The first-order valence-corrected chi connectivity index (χ1v) is 11.1. The highest BCUT2D eigenvalue weighted by Gasteiger charge is 2.48. The van der Waals surface area contributed by atoms with Crippen molar-refractivity contribution in [2.45, 2.75) is 46.0 Å². The molecule has 3 heterocycles. The third kappa shape index (κ3) is 4.77. The maximum Gasteiger partial charge on any atom is 0.338 e. The monoisotopic (exact) mass is 442 g/mol. The molecule has 9 nitrogen and oxygen atoms in total. The molecule has 172 valence electrons. The summed E-state index contributed by atoms with van der Waals surface area (Å²) in [6.07, 6.45) is -0.316. The van der Waals surface area contributed by atoms with Gasteiger partial charge in [0.05, 0.1) is 5.92 Å². The summed E-state index contributed by atoms with van der Waals surface area (Å²) in [6, 6.07) is 9.60. The van der Waals surface area contributed by atoms with Crippen LogP contribution in [0.15, 0.2) is 34.9 Å². The van der Waals surface area contributed by atoms with Crippen LogP contribution < -0.4 is 4.90 Å². The molecule has 0 N–H and O–H groups in total. The molecule has 2 aromatic rings. The molecular formula is C23H30N4O5. The molecule has 0 spiro atoms. The van der Waals surface area contributed by atoms with Crippen LogP contribution in [0.25, 0.3) is 11.5 Å². The second-order valence-electron chi connectivity index (χ2n) is 9.17. The second kappa shape index (κ2) is 8.90. The Labute approximate surface area is 187 Å². The second-order valence-corrected chi connectivity index (χ2v) is 9.17. The van der Waals surface area contributed by atoms with E-state index in [4.69, 9.17) is 14.0 Å². The summed E-state index contributed by atoms with van der Waals surface area (Å²) in [4.78, 5) is 34.1. The van der Waals surface area contributed by atoms with Crippen LogP contribution in [0.2, 0.25) is 0 Å². The van der Waals surface area contributed by atoms with E-state index in [1.54, 1.807) is 18.7 Å². The normalized spacial score (nSPS) is 21.7. The van der Waals surface area contributed by atoms with Crippen molar-refractivity contribution in [2.75, 3.05) is 31.1 Å². The van der Waals surface area contributed by atoms with E-state index in [-0.39, 0.29) is 11.8 Å². The molecular weight excluding hydrogens is 412 g/mol. The Hall–Kier alpha value is -2.94. The van der Waals surface area contributed by atoms with Gasteiger partial charge in [-0.3, -0.25) is 4.79 Å². The molecule has 2 fully saturated rings. The maximum atomic E-state index is 13.4. The van der Waals surface area contributed by atoms with Gasteiger partial charge in [0.1, 0.15) is 0 Å². The Morgan fingerprint density at radius 3 is 2.44 bits per heavy atom. The van der Waals surface area contributed by atoms with E-state index in [1.807, 2.05) is 49.1 Å². The Morgan fingerprint density at radius 1 is 1.16 bits per heavy atom. The van der Waals surface area contributed by atoms with Crippen molar-refractivity contribution >= 4 is 17.8 Å². The van der Waals surface area contributed by atoms with Gasteiger partial charge in [-0.2, -0.15) is 4.98 Å². The van der Waals surface area contributed by atoms with Gasteiger partial charge in [0.2, 0.25) is 11.7 Å². The number of carbonyl (C=O) groups is 2.